The molecule has 1 atom stereocenters. The predicted molar refractivity (Wildman–Crippen MR) is 84.3 cm³/mol. The molecule has 0 aliphatic heterocycles. The SMILES string of the molecule is CC(C)O[C@@H](Cc1ccccc1Oc1ccccc1)C(=O)O. The lowest BCUT2D eigenvalue weighted by Gasteiger charge is -2.18. The Morgan fingerprint density at radius 1 is 1.05 bits per heavy atom. The van der Waals surface area contributed by atoms with Gasteiger partial charge in [-0.2, -0.15) is 0 Å². The average Bonchev–Trinajstić information content (AvgIpc) is 2.49. The Morgan fingerprint density at radius 3 is 2.32 bits per heavy atom. The Labute approximate surface area is 130 Å². The van der Waals surface area contributed by atoms with Crippen LogP contribution in [0.25, 0.3) is 0 Å². The molecule has 2 aromatic carbocycles. The lowest BCUT2D eigenvalue weighted by Crippen LogP contribution is -2.29. The van der Waals surface area contributed by atoms with E-state index in [9.17, 15) is 9.90 Å². The summed E-state index contributed by atoms with van der Waals surface area (Å²) in [5, 5.41) is 9.30. The lowest BCUT2D eigenvalue weighted by molar-refractivity contribution is -0.153. The molecule has 0 bridgehead atoms. The number of carboxylic acid groups (broad SMARTS) is 1. The van der Waals surface area contributed by atoms with Crippen LogP contribution in [0.2, 0.25) is 0 Å². The van der Waals surface area contributed by atoms with Crippen molar-refractivity contribution in [3.8, 4) is 11.5 Å². The zero-order chi connectivity index (χ0) is 15.9. The second kappa shape index (κ2) is 7.61. The zero-order valence-corrected chi connectivity index (χ0v) is 12.7. The summed E-state index contributed by atoms with van der Waals surface area (Å²) in [5.74, 6) is 0.391. The van der Waals surface area contributed by atoms with Gasteiger partial charge in [-0.1, -0.05) is 36.4 Å². The maximum absolute atomic E-state index is 11.3. The number of ether oxygens (including phenoxy) is 2. The number of carboxylic acids is 1. The molecule has 22 heavy (non-hydrogen) atoms. The van der Waals surface area contributed by atoms with E-state index >= 15 is 0 Å². The maximum Gasteiger partial charge on any atom is 0.333 e. The summed E-state index contributed by atoms with van der Waals surface area (Å²) in [6.07, 6.45) is -0.778. The van der Waals surface area contributed by atoms with E-state index < -0.39 is 12.1 Å². The van der Waals surface area contributed by atoms with Crippen molar-refractivity contribution in [1.82, 2.24) is 0 Å². The molecule has 2 aromatic rings. The molecule has 0 spiro atoms. The van der Waals surface area contributed by atoms with Crippen molar-refractivity contribution in [2.24, 2.45) is 0 Å². The number of rotatable bonds is 7. The van der Waals surface area contributed by atoms with Gasteiger partial charge in [-0.15, -0.1) is 0 Å². The third kappa shape index (κ3) is 4.60. The monoisotopic (exact) mass is 300 g/mol. The molecule has 4 heteroatoms. The number of hydrogen-bond acceptors (Lipinski definition) is 3. The van der Waals surface area contributed by atoms with Gasteiger partial charge in [0.1, 0.15) is 11.5 Å². The van der Waals surface area contributed by atoms with Crippen molar-refractivity contribution in [2.75, 3.05) is 0 Å². The van der Waals surface area contributed by atoms with Crippen molar-refractivity contribution in [3.05, 3.63) is 60.2 Å². The van der Waals surface area contributed by atoms with E-state index in [0.29, 0.717) is 11.5 Å². The van der Waals surface area contributed by atoms with Crippen molar-refractivity contribution >= 4 is 5.97 Å². The van der Waals surface area contributed by atoms with Crippen LogP contribution in [0.5, 0.6) is 11.5 Å². The fourth-order valence-corrected chi connectivity index (χ4v) is 2.11. The standard InChI is InChI=1S/C18H20O4/c1-13(2)21-17(18(19)20)12-14-8-6-7-11-16(14)22-15-9-4-3-5-10-15/h3-11,13,17H,12H2,1-2H3,(H,19,20)/t17-/m0/s1. The maximum atomic E-state index is 11.3. The Hall–Kier alpha value is -2.33. The molecule has 0 saturated heterocycles. The summed E-state index contributed by atoms with van der Waals surface area (Å²) < 4.78 is 11.3. The molecule has 0 amide bonds. The highest BCUT2D eigenvalue weighted by Gasteiger charge is 2.21. The molecule has 0 aliphatic carbocycles. The molecule has 116 valence electrons. The first-order valence-electron chi connectivity index (χ1n) is 7.25. The quantitative estimate of drug-likeness (QED) is 0.842. The third-order valence-corrected chi connectivity index (χ3v) is 3.06. The Balaban J connectivity index is 2.18. The first-order chi connectivity index (χ1) is 10.6. The van der Waals surface area contributed by atoms with Gasteiger partial charge in [0.25, 0.3) is 0 Å². The number of hydrogen-bond donors (Lipinski definition) is 1. The molecule has 0 aliphatic rings. The first-order valence-corrected chi connectivity index (χ1v) is 7.25. The van der Waals surface area contributed by atoms with E-state index in [4.69, 9.17) is 9.47 Å². The Kier molecular flexibility index (Phi) is 5.55. The summed E-state index contributed by atoms with van der Waals surface area (Å²) in [4.78, 5) is 11.3. The van der Waals surface area contributed by atoms with Gasteiger partial charge in [0.15, 0.2) is 6.10 Å². The highest BCUT2D eigenvalue weighted by atomic mass is 16.5. The molecule has 0 heterocycles. The van der Waals surface area contributed by atoms with Gasteiger partial charge in [-0.05, 0) is 37.6 Å². The minimum Gasteiger partial charge on any atom is -0.479 e. The molecule has 4 nitrogen and oxygen atoms in total. The Morgan fingerprint density at radius 2 is 1.68 bits per heavy atom. The van der Waals surface area contributed by atoms with E-state index in [1.165, 1.54) is 0 Å². The molecule has 0 saturated carbocycles. The van der Waals surface area contributed by atoms with Crippen molar-refractivity contribution < 1.29 is 19.4 Å². The lowest BCUT2D eigenvalue weighted by atomic mass is 10.1. The fourth-order valence-electron chi connectivity index (χ4n) is 2.11. The summed E-state index contributed by atoms with van der Waals surface area (Å²) in [5.41, 5.74) is 0.805. The summed E-state index contributed by atoms with van der Waals surface area (Å²) in [6, 6.07) is 16.8. The minimum atomic E-state index is -0.969. The molecule has 0 fully saturated rings. The van der Waals surface area contributed by atoms with Crippen molar-refractivity contribution in [2.45, 2.75) is 32.5 Å². The van der Waals surface area contributed by atoms with Crippen molar-refractivity contribution in [3.63, 3.8) is 0 Å². The molecular weight excluding hydrogens is 280 g/mol. The Bertz CT molecular complexity index is 607. The zero-order valence-electron chi connectivity index (χ0n) is 12.7. The van der Waals surface area contributed by atoms with E-state index in [-0.39, 0.29) is 12.5 Å². The normalized spacial score (nSPS) is 12.1. The van der Waals surface area contributed by atoms with Gasteiger partial charge in [-0.25, -0.2) is 4.79 Å². The van der Waals surface area contributed by atoms with E-state index in [1.807, 2.05) is 68.4 Å². The van der Waals surface area contributed by atoms with Gasteiger partial charge in [0.2, 0.25) is 0 Å². The van der Waals surface area contributed by atoms with Crippen LogP contribution in [0.15, 0.2) is 54.6 Å². The molecule has 1 N–H and O–H groups in total. The summed E-state index contributed by atoms with van der Waals surface area (Å²) >= 11 is 0. The number of benzene rings is 2. The largest absolute Gasteiger partial charge is 0.479 e. The highest BCUT2D eigenvalue weighted by molar-refractivity contribution is 5.73. The van der Waals surface area contributed by atoms with Crippen LogP contribution in [0.3, 0.4) is 0 Å². The summed E-state index contributed by atoms with van der Waals surface area (Å²) in [6.45, 7) is 3.64. The average molecular weight is 300 g/mol. The molecule has 0 aromatic heterocycles. The number of para-hydroxylation sites is 2. The highest BCUT2D eigenvalue weighted by Crippen LogP contribution is 2.26. The van der Waals surface area contributed by atoms with Crippen molar-refractivity contribution in [1.29, 1.82) is 0 Å². The second-order valence-corrected chi connectivity index (χ2v) is 5.24. The van der Waals surface area contributed by atoms with E-state index in [0.717, 1.165) is 5.56 Å². The predicted octanol–water partition coefficient (Wildman–Crippen LogP) is 3.90. The van der Waals surface area contributed by atoms with Crippen LogP contribution < -0.4 is 4.74 Å². The van der Waals surface area contributed by atoms with Gasteiger partial charge >= 0.3 is 5.97 Å². The molecule has 2 rings (SSSR count). The van der Waals surface area contributed by atoms with Crippen LogP contribution in [-0.2, 0) is 16.0 Å². The third-order valence-electron chi connectivity index (χ3n) is 3.06. The van der Waals surface area contributed by atoms with Gasteiger partial charge in [0, 0.05) is 6.42 Å². The number of aliphatic carboxylic acids is 1. The van der Waals surface area contributed by atoms with E-state index in [1.54, 1.807) is 0 Å². The molecule has 0 radical (unpaired) electrons. The molecular formula is C18H20O4. The van der Waals surface area contributed by atoms with Crippen LogP contribution in [-0.4, -0.2) is 23.3 Å². The molecule has 0 unspecified atom stereocenters. The first kappa shape index (κ1) is 16.0. The number of carbonyl (C=O) groups is 1. The van der Waals surface area contributed by atoms with Gasteiger partial charge in [-0.3, -0.25) is 0 Å². The summed E-state index contributed by atoms with van der Waals surface area (Å²) in [7, 11) is 0. The van der Waals surface area contributed by atoms with Crippen LogP contribution >= 0.6 is 0 Å². The fraction of sp³-hybridized carbons (Fsp3) is 0.278. The van der Waals surface area contributed by atoms with Gasteiger partial charge in [0.05, 0.1) is 6.10 Å². The smallest absolute Gasteiger partial charge is 0.333 e. The second-order valence-electron chi connectivity index (χ2n) is 5.24. The van der Waals surface area contributed by atoms with Crippen LogP contribution in [0, 0.1) is 0 Å². The topological polar surface area (TPSA) is 55.8 Å². The minimum absolute atomic E-state index is 0.150. The van der Waals surface area contributed by atoms with Crippen LogP contribution in [0.1, 0.15) is 19.4 Å². The van der Waals surface area contributed by atoms with Crippen LogP contribution in [0.4, 0.5) is 0 Å². The van der Waals surface area contributed by atoms with E-state index in [2.05, 4.69) is 0 Å². The van der Waals surface area contributed by atoms with Gasteiger partial charge < -0.3 is 14.6 Å².